The summed E-state index contributed by atoms with van der Waals surface area (Å²) in [5.74, 6) is -0.814. The number of aliphatic carboxylic acids is 1. The minimum Gasteiger partial charge on any atom is -0.477 e. The molecule has 1 atom stereocenters. The number of amides is 1. The van der Waals surface area contributed by atoms with Crippen LogP contribution in [0.5, 0.6) is 0 Å². The number of rotatable bonds is 17. The maximum absolute atomic E-state index is 11.8. The molecule has 0 aromatic carbocycles. The number of quaternary nitrogens is 1. The van der Waals surface area contributed by atoms with E-state index in [1.54, 1.807) is 0 Å². The molecule has 0 aliphatic carbocycles. The van der Waals surface area contributed by atoms with Crippen molar-refractivity contribution in [3.8, 4) is 0 Å². The molecule has 0 heterocycles. The second kappa shape index (κ2) is 13.9. The van der Waals surface area contributed by atoms with Crippen LogP contribution in [0.4, 0.5) is 0 Å². The zero-order valence-corrected chi connectivity index (χ0v) is 18.5. The molecule has 1 unspecified atom stereocenters. The van der Waals surface area contributed by atoms with E-state index >= 15 is 0 Å². The molecule has 0 aliphatic heterocycles. The van der Waals surface area contributed by atoms with E-state index in [0.29, 0.717) is 36.8 Å². The molecule has 0 rings (SSSR count). The molecule has 0 spiro atoms. The molecule has 28 heavy (non-hydrogen) atoms. The van der Waals surface area contributed by atoms with Gasteiger partial charge < -0.3 is 14.9 Å². The lowest BCUT2D eigenvalue weighted by Gasteiger charge is -2.27. The largest absolute Gasteiger partial charge is 0.477 e. The molecule has 1 amide bonds. The highest BCUT2D eigenvalue weighted by atomic mass is 32.2. The van der Waals surface area contributed by atoms with Crippen LogP contribution in [-0.2, 0) is 19.7 Å². The number of nitrogens with zero attached hydrogens (tertiary/aromatic N) is 1. The number of carboxylic acids is 1. The Hall–Kier alpha value is -1.19. The van der Waals surface area contributed by atoms with Crippen molar-refractivity contribution in [2.45, 2.75) is 76.4 Å². The van der Waals surface area contributed by atoms with Crippen LogP contribution in [0.1, 0.15) is 71.1 Å². The third kappa shape index (κ3) is 14.8. The van der Waals surface area contributed by atoms with Gasteiger partial charge in [-0.25, -0.2) is 4.79 Å². The molecule has 9 heteroatoms. The monoisotopic (exact) mass is 423 g/mol. The van der Waals surface area contributed by atoms with Gasteiger partial charge in [0.05, 0.1) is 25.9 Å². The number of likely N-dealkylation sites (N-methyl/N-ethyl adjacent to an activating group) is 1. The van der Waals surface area contributed by atoms with Crippen molar-refractivity contribution in [1.29, 1.82) is 0 Å². The number of unbranched alkanes of at least 4 members (excludes halogenated alkanes) is 4. The average molecular weight is 424 g/mol. The van der Waals surface area contributed by atoms with Gasteiger partial charge in [0.15, 0.2) is 6.54 Å². The van der Waals surface area contributed by atoms with Gasteiger partial charge in [-0.15, -0.1) is 0 Å². The first kappa shape index (κ1) is 26.8. The average Bonchev–Trinajstić information content (AvgIpc) is 2.54. The summed E-state index contributed by atoms with van der Waals surface area (Å²) in [4.78, 5) is 22.6. The van der Waals surface area contributed by atoms with Crippen LogP contribution in [0.25, 0.3) is 0 Å². The van der Waals surface area contributed by atoms with Crippen LogP contribution in [0.2, 0.25) is 0 Å². The molecule has 3 N–H and O–H groups in total. The summed E-state index contributed by atoms with van der Waals surface area (Å²) in [5, 5.41) is 11.0. The molecule has 0 saturated heterocycles. The van der Waals surface area contributed by atoms with Gasteiger partial charge in [0.2, 0.25) is 5.91 Å². The predicted molar refractivity (Wildman–Crippen MR) is 110 cm³/mol. The van der Waals surface area contributed by atoms with Crippen molar-refractivity contribution in [2.24, 2.45) is 0 Å². The highest BCUT2D eigenvalue weighted by Gasteiger charge is 2.21. The minimum atomic E-state index is -3.95. The summed E-state index contributed by atoms with van der Waals surface area (Å²) in [6, 6.07) is 0. The molecule has 0 bridgehead atoms. The van der Waals surface area contributed by atoms with Gasteiger partial charge in [-0.1, -0.05) is 39.0 Å². The van der Waals surface area contributed by atoms with E-state index in [1.165, 1.54) is 0 Å². The molecule has 166 valence electrons. The SMILES string of the molecule is CCCC(CCCCCCCC(=O)NCCC[N+](C)(C)CC(=O)O)S(=O)(=O)O. The van der Waals surface area contributed by atoms with Crippen LogP contribution in [0.15, 0.2) is 0 Å². The maximum Gasteiger partial charge on any atom is 0.359 e. The summed E-state index contributed by atoms with van der Waals surface area (Å²) in [5.41, 5.74) is 0. The van der Waals surface area contributed by atoms with E-state index in [2.05, 4.69) is 5.32 Å². The molecule has 0 aromatic rings. The fraction of sp³-hybridized carbons (Fsp3) is 0.895. The summed E-state index contributed by atoms with van der Waals surface area (Å²) < 4.78 is 32.1. The lowest BCUT2D eigenvalue weighted by atomic mass is 10.1. The summed E-state index contributed by atoms with van der Waals surface area (Å²) in [6.07, 6.45) is 7.23. The van der Waals surface area contributed by atoms with Gasteiger partial charge in [-0.05, 0) is 19.3 Å². The van der Waals surface area contributed by atoms with Crippen molar-refractivity contribution in [2.75, 3.05) is 33.7 Å². The Morgan fingerprint density at radius 2 is 1.61 bits per heavy atom. The summed E-state index contributed by atoms with van der Waals surface area (Å²) in [7, 11) is -0.230. The molecular formula is C19H39N2O6S+. The van der Waals surface area contributed by atoms with Crippen molar-refractivity contribution >= 4 is 22.0 Å². The van der Waals surface area contributed by atoms with E-state index in [0.717, 1.165) is 44.9 Å². The predicted octanol–water partition coefficient (Wildman–Crippen LogP) is 2.44. The van der Waals surface area contributed by atoms with Gasteiger partial charge in [0.1, 0.15) is 0 Å². The first-order valence-corrected chi connectivity index (χ1v) is 11.7. The first-order valence-electron chi connectivity index (χ1n) is 10.2. The Labute approximate surface area is 170 Å². The minimum absolute atomic E-state index is 0.0120. The van der Waals surface area contributed by atoms with Crippen LogP contribution in [-0.4, -0.2) is 73.4 Å². The topological polar surface area (TPSA) is 121 Å². The van der Waals surface area contributed by atoms with E-state index in [-0.39, 0.29) is 12.5 Å². The number of hydrogen-bond acceptors (Lipinski definition) is 4. The highest BCUT2D eigenvalue weighted by molar-refractivity contribution is 7.86. The Balaban J connectivity index is 3.71. The number of nitrogens with one attached hydrogen (secondary N) is 1. The van der Waals surface area contributed by atoms with Gasteiger partial charge in [0.25, 0.3) is 10.1 Å². The lowest BCUT2D eigenvalue weighted by Crippen LogP contribution is -2.45. The van der Waals surface area contributed by atoms with Gasteiger partial charge in [0, 0.05) is 19.4 Å². The van der Waals surface area contributed by atoms with E-state index < -0.39 is 21.3 Å². The van der Waals surface area contributed by atoms with Crippen LogP contribution < -0.4 is 5.32 Å². The second-order valence-electron chi connectivity index (χ2n) is 8.15. The standard InChI is InChI=1S/C19H38N2O6S/c1-4-11-17(28(25,26)27)12-8-6-5-7-9-13-18(22)20-14-10-15-21(2,3)16-19(23)24/h17H,4-16H2,1-3H3,(H2-,20,22,23,24,25,26,27)/p+1. The fourth-order valence-corrected chi connectivity index (χ4v) is 4.22. The van der Waals surface area contributed by atoms with Crippen molar-refractivity contribution in [3.05, 3.63) is 0 Å². The van der Waals surface area contributed by atoms with Gasteiger partial charge in [-0.3, -0.25) is 9.35 Å². The van der Waals surface area contributed by atoms with Gasteiger partial charge >= 0.3 is 5.97 Å². The maximum atomic E-state index is 11.8. The Kier molecular flexibility index (Phi) is 13.3. The Bertz CT molecular complexity index is 563. The summed E-state index contributed by atoms with van der Waals surface area (Å²) >= 11 is 0. The number of carboxylic acid groups (broad SMARTS) is 1. The second-order valence-corrected chi connectivity index (χ2v) is 9.84. The molecule has 0 saturated carbocycles. The van der Waals surface area contributed by atoms with Gasteiger partial charge in [-0.2, -0.15) is 8.42 Å². The highest BCUT2D eigenvalue weighted by Crippen LogP contribution is 2.16. The molecule has 0 radical (unpaired) electrons. The summed E-state index contributed by atoms with van der Waals surface area (Å²) in [6.45, 7) is 3.21. The van der Waals surface area contributed by atoms with E-state index in [9.17, 15) is 22.6 Å². The van der Waals surface area contributed by atoms with Crippen LogP contribution >= 0.6 is 0 Å². The molecule has 0 aromatic heterocycles. The molecule has 0 aliphatic rings. The normalized spacial score (nSPS) is 13.3. The zero-order valence-electron chi connectivity index (χ0n) is 17.7. The van der Waals surface area contributed by atoms with Crippen LogP contribution in [0.3, 0.4) is 0 Å². The third-order valence-electron chi connectivity index (χ3n) is 4.79. The number of carbonyl (C=O) groups excluding carboxylic acids is 1. The number of carbonyl (C=O) groups is 2. The van der Waals surface area contributed by atoms with Crippen molar-refractivity contribution < 1.29 is 32.1 Å². The first-order chi connectivity index (χ1) is 13.0. The smallest absolute Gasteiger partial charge is 0.359 e. The Morgan fingerprint density at radius 3 is 2.18 bits per heavy atom. The third-order valence-corrected chi connectivity index (χ3v) is 6.10. The Morgan fingerprint density at radius 1 is 1.00 bits per heavy atom. The van der Waals surface area contributed by atoms with E-state index in [1.807, 2.05) is 21.0 Å². The quantitative estimate of drug-likeness (QED) is 0.188. The lowest BCUT2D eigenvalue weighted by molar-refractivity contribution is -0.883. The molecule has 8 nitrogen and oxygen atoms in total. The zero-order chi connectivity index (χ0) is 21.6. The number of hydrogen-bond donors (Lipinski definition) is 3. The fourth-order valence-electron chi connectivity index (χ4n) is 3.22. The van der Waals surface area contributed by atoms with Crippen LogP contribution in [0, 0.1) is 0 Å². The van der Waals surface area contributed by atoms with Crippen molar-refractivity contribution in [3.63, 3.8) is 0 Å². The molecular weight excluding hydrogens is 384 g/mol. The molecule has 0 fully saturated rings. The van der Waals surface area contributed by atoms with Crippen molar-refractivity contribution in [1.82, 2.24) is 5.32 Å². The van der Waals surface area contributed by atoms with E-state index in [4.69, 9.17) is 5.11 Å².